The van der Waals surface area contributed by atoms with Gasteiger partial charge in [0.1, 0.15) is 10.6 Å². The van der Waals surface area contributed by atoms with Crippen LogP contribution in [0.25, 0.3) is 10.8 Å². The zero-order valence-corrected chi connectivity index (χ0v) is 16.1. The molecule has 0 atom stereocenters. The van der Waals surface area contributed by atoms with E-state index in [-0.39, 0.29) is 5.91 Å². The molecule has 0 saturated heterocycles. The second-order valence-corrected chi connectivity index (χ2v) is 7.99. The molecule has 4 nitrogen and oxygen atoms in total. The number of thiazole rings is 1. The maximum atomic E-state index is 13.2. The fraction of sp³-hybridized carbons (Fsp3) is 0.333. The number of benzene rings is 1. The van der Waals surface area contributed by atoms with Gasteiger partial charge in [-0.25, -0.2) is 4.98 Å². The van der Waals surface area contributed by atoms with E-state index in [0.717, 1.165) is 35.1 Å². The van der Waals surface area contributed by atoms with Crippen LogP contribution in [0.3, 0.4) is 0 Å². The molecular weight excluding hydrogens is 344 g/mol. The van der Waals surface area contributed by atoms with Crippen molar-refractivity contribution in [1.29, 1.82) is 0 Å². The van der Waals surface area contributed by atoms with Gasteiger partial charge >= 0.3 is 0 Å². The van der Waals surface area contributed by atoms with Gasteiger partial charge in [-0.1, -0.05) is 29.8 Å². The summed E-state index contributed by atoms with van der Waals surface area (Å²) < 4.78 is 5.67. The summed E-state index contributed by atoms with van der Waals surface area (Å²) in [6.45, 7) is 6.54. The predicted octanol–water partition coefficient (Wildman–Crippen LogP) is 5.13. The largest absolute Gasteiger partial charge is 0.459 e. The van der Waals surface area contributed by atoms with Crippen LogP contribution in [0.4, 0.5) is 0 Å². The molecule has 0 unspecified atom stereocenters. The number of hydrogen-bond donors (Lipinski definition) is 0. The summed E-state index contributed by atoms with van der Waals surface area (Å²) in [5.74, 6) is 1.66. The molecule has 5 heteroatoms. The van der Waals surface area contributed by atoms with E-state index >= 15 is 0 Å². The lowest BCUT2D eigenvalue weighted by molar-refractivity contribution is 0.0734. The molecule has 0 radical (unpaired) electrons. The second-order valence-electron chi connectivity index (χ2n) is 6.99. The third-order valence-corrected chi connectivity index (χ3v) is 5.82. The highest BCUT2D eigenvalue weighted by Gasteiger charge is 2.34. The third kappa shape index (κ3) is 3.44. The summed E-state index contributed by atoms with van der Waals surface area (Å²) in [5.41, 5.74) is 3.17. The first kappa shape index (κ1) is 17.0. The van der Waals surface area contributed by atoms with Crippen LogP contribution >= 0.6 is 11.3 Å². The van der Waals surface area contributed by atoms with Crippen molar-refractivity contribution >= 4 is 17.2 Å². The minimum Gasteiger partial charge on any atom is -0.459 e. The Balaban J connectivity index is 1.60. The number of rotatable bonds is 5. The van der Waals surface area contributed by atoms with E-state index in [4.69, 9.17) is 4.42 Å². The molecule has 0 aliphatic heterocycles. The SMILES string of the molecule is Cc1ccc(CN(C(=O)c2sc(-c3ccc(C)o3)nc2C)C2CC2)cc1. The number of nitrogens with zero attached hydrogens (tertiary/aromatic N) is 2. The molecule has 134 valence electrons. The molecule has 26 heavy (non-hydrogen) atoms. The summed E-state index contributed by atoms with van der Waals surface area (Å²) in [6, 6.07) is 12.6. The van der Waals surface area contributed by atoms with E-state index in [9.17, 15) is 4.79 Å². The Labute approximate surface area is 157 Å². The van der Waals surface area contributed by atoms with Gasteiger partial charge in [0.25, 0.3) is 5.91 Å². The average molecular weight is 366 g/mol. The summed E-state index contributed by atoms with van der Waals surface area (Å²) in [4.78, 5) is 20.5. The van der Waals surface area contributed by atoms with Gasteiger partial charge in [-0.3, -0.25) is 4.79 Å². The van der Waals surface area contributed by atoms with Crippen molar-refractivity contribution < 1.29 is 9.21 Å². The van der Waals surface area contributed by atoms with Gasteiger partial charge in [0.2, 0.25) is 0 Å². The van der Waals surface area contributed by atoms with Crippen LogP contribution < -0.4 is 0 Å². The van der Waals surface area contributed by atoms with Gasteiger partial charge in [-0.2, -0.15) is 0 Å². The van der Waals surface area contributed by atoms with Gasteiger partial charge in [-0.15, -0.1) is 11.3 Å². The quantitative estimate of drug-likeness (QED) is 0.628. The summed E-state index contributed by atoms with van der Waals surface area (Å²) in [7, 11) is 0. The average Bonchev–Trinajstić information content (AvgIpc) is 3.25. The molecule has 1 aliphatic carbocycles. The Morgan fingerprint density at radius 3 is 2.50 bits per heavy atom. The summed E-state index contributed by atoms with van der Waals surface area (Å²) in [5, 5.41) is 0.769. The van der Waals surface area contributed by atoms with Gasteiger partial charge in [0.05, 0.1) is 5.69 Å². The molecule has 2 aromatic heterocycles. The van der Waals surface area contributed by atoms with Crippen molar-refractivity contribution in [3.8, 4) is 10.8 Å². The number of furan rings is 1. The highest BCUT2D eigenvalue weighted by molar-refractivity contribution is 7.17. The van der Waals surface area contributed by atoms with E-state index in [0.29, 0.717) is 17.5 Å². The topological polar surface area (TPSA) is 46.3 Å². The monoisotopic (exact) mass is 366 g/mol. The third-order valence-electron chi connectivity index (χ3n) is 4.66. The Hall–Kier alpha value is -2.40. The van der Waals surface area contributed by atoms with E-state index in [1.165, 1.54) is 22.5 Å². The molecule has 1 aliphatic rings. The van der Waals surface area contributed by atoms with Gasteiger partial charge in [-0.05, 0) is 51.3 Å². The Bertz CT molecular complexity index is 935. The molecule has 1 aromatic carbocycles. The summed E-state index contributed by atoms with van der Waals surface area (Å²) >= 11 is 1.42. The van der Waals surface area contributed by atoms with Gasteiger partial charge in [0, 0.05) is 12.6 Å². The fourth-order valence-electron chi connectivity index (χ4n) is 3.02. The molecule has 3 aromatic rings. The Morgan fingerprint density at radius 2 is 1.88 bits per heavy atom. The zero-order valence-electron chi connectivity index (χ0n) is 15.3. The number of aryl methyl sites for hydroxylation is 3. The number of carbonyl (C=O) groups excluding carboxylic acids is 1. The maximum Gasteiger partial charge on any atom is 0.266 e. The minimum atomic E-state index is 0.0811. The molecule has 1 saturated carbocycles. The van der Waals surface area contributed by atoms with Crippen molar-refractivity contribution in [3.63, 3.8) is 0 Å². The van der Waals surface area contributed by atoms with Crippen LogP contribution in [-0.2, 0) is 6.54 Å². The lowest BCUT2D eigenvalue weighted by Gasteiger charge is -2.22. The van der Waals surface area contributed by atoms with Gasteiger partial charge < -0.3 is 9.32 Å². The minimum absolute atomic E-state index is 0.0811. The van der Waals surface area contributed by atoms with Crippen molar-refractivity contribution in [2.75, 3.05) is 0 Å². The smallest absolute Gasteiger partial charge is 0.266 e. The van der Waals surface area contributed by atoms with Crippen LogP contribution in [0, 0.1) is 20.8 Å². The van der Waals surface area contributed by atoms with Crippen molar-refractivity contribution in [3.05, 3.63) is 63.9 Å². The summed E-state index contributed by atoms with van der Waals surface area (Å²) in [6.07, 6.45) is 2.17. The van der Waals surface area contributed by atoms with Crippen LogP contribution in [0.5, 0.6) is 0 Å². The number of amides is 1. The molecule has 4 rings (SSSR count). The molecule has 1 amide bonds. The second kappa shape index (κ2) is 6.72. The van der Waals surface area contributed by atoms with Gasteiger partial charge in [0.15, 0.2) is 10.8 Å². The Kier molecular flexibility index (Phi) is 4.41. The lowest BCUT2D eigenvalue weighted by Crippen LogP contribution is -2.32. The number of carbonyl (C=O) groups is 1. The highest BCUT2D eigenvalue weighted by atomic mass is 32.1. The number of aromatic nitrogens is 1. The van der Waals surface area contributed by atoms with Crippen molar-refractivity contribution in [2.45, 2.75) is 46.2 Å². The van der Waals surface area contributed by atoms with E-state index < -0.39 is 0 Å². The van der Waals surface area contributed by atoms with Crippen molar-refractivity contribution in [1.82, 2.24) is 9.88 Å². The normalized spacial score (nSPS) is 13.8. The molecule has 1 fully saturated rings. The first-order valence-corrected chi connectivity index (χ1v) is 9.73. The Morgan fingerprint density at radius 1 is 1.15 bits per heavy atom. The van der Waals surface area contributed by atoms with Crippen LogP contribution in [0.15, 0.2) is 40.8 Å². The van der Waals surface area contributed by atoms with E-state index in [2.05, 4.69) is 36.2 Å². The predicted molar refractivity (Wildman–Crippen MR) is 103 cm³/mol. The van der Waals surface area contributed by atoms with Crippen LogP contribution in [0.1, 0.15) is 45.1 Å². The van der Waals surface area contributed by atoms with E-state index in [1.807, 2.05) is 30.9 Å². The fourth-order valence-corrected chi connectivity index (χ4v) is 4.01. The molecule has 0 N–H and O–H groups in total. The lowest BCUT2D eigenvalue weighted by atomic mass is 10.1. The molecular formula is C21H22N2O2S. The maximum absolute atomic E-state index is 13.2. The van der Waals surface area contributed by atoms with E-state index in [1.54, 1.807) is 0 Å². The highest BCUT2D eigenvalue weighted by Crippen LogP contribution is 2.34. The van der Waals surface area contributed by atoms with Crippen LogP contribution in [0.2, 0.25) is 0 Å². The zero-order chi connectivity index (χ0) is 18.3. The van der Waals surface area contributed by atoms with Crippen molar-refractivity contribution in [2.24, 2.45) is 0 Å². The number of hydrogen-bond acceptors (Lipinski definition) is 4. The molecule has 0 bridgehead atoms. The first-order valence-electron chi connectivity index (χ1n) is 8.92. The standard InChI is InChI=1S/C21H22N2O2S/c1-13-4-7-16(8-5-13)12-23(17-9-10-17)21(24)19-15(3)22-20(26-19)18-11-6-14(2)25-18/h4-8,11,17H,9-10,12H2,1-3H3. The molecule has 0 spiro atoms. The molecule has 2 heterocycles. The first-order chi connectivity index (χ1) is 12.5. The van der Waals surface area contributed by atoms with Crippen LogP contribution in [-0.4, -0.2) is 21.8 Å².